The summed E-state index contributed by atoms with van der Waals surface area (Å²) in [4.78, 5) is 0. The molecule has 0 saturated heterocycles. The number of hydrogen-bond donors (Lipinski definition) is 0. The molecule has 1 unspecified atom stereocenters. The van der Waals surface area contributed by atoms with Gasteiger partial charge < -0.3 is 10.2 Å². The highest BCUT2D eigenvalue weighted by Gasteiger charge is 2.03. The summed E-state index contributed by atoms with van der Waals surface area (Å²) in [6, 6.07) is 0. The monoisotopic (exact) mass is 330 g/mol. The summed E-state index contributed by atoms with van der Waals surface area (Å²) < 4.78 is 5.79. The highest BCUT2D eigenvalue weighted by atomic mass is 16.5. The average Bonchev–Trinajstić information content (AvgIpc) is 2.48. The molecule has 0 saturated carbocycles. The van der Waals surface area contributed by atoms with E-state index >= 15 is 0 Å². The zero-order valence-electron chi connectivity index (χ0n) is 16.7. The maximum atomic E-state index is 5.79. The van der Waals surface area contributed by atoms with Crippen LogP contribution in [0.1, 0.15) is 111 Å². The number of rotatable bonds is 17. The third kappa shape index (κ3) is 21.9. The molecule has 0 aromatic rings. The molecule has 1 atom stereocenters. The van der Waals surface area contributed by atoms with Crippen LogP contribution in [0.5, 0.6) is 0 Å². The predicted octanol–water partition coefficient (Wildman–Crippen LogP) is 6.56. The first kappa shape index (κ1) is 25.2. The molecule has 0 amide bonds. The Hall–Kier alpha value is -0.0800. The molecule has 0 aromatic carbocycles. The second kappa shape index (κ2) is 20.0. The molecule has 0 spiro atoms. The van der Waals surface area contributed by atoms with E-state index in [4.69, 9.17) is 4.74 Å². The molecule has 0 radical (unpaired) electrons. The Bertz CT molecular complexity index is 204. The second-order valence-electron chi connectivity index (χ2n) is 7.66. The van der Waals surface area contributed by atoms with E-state index in [0.29, 0.717) is 0 Å². The molecule has 0 bridgehead atoms. The molecule has 0 aliphatic carbocycles. The number of ether oxygens (including phenoxy) is 1. The van der Waals surface area contributed by atoms with Crippen LogP contribution in [0.3, 0.4) is 0 Å². The van der Waals surface area contributed by atoms with Gasteiger partial charge in [-0.25, -0.2) is 0 Å². The average molecular weight is 331 g/mol. The van der Waals surface area contributed by atoms with Crippen LogP contribution < -0.4 is 0 Å². The molecule has 142 valence electrons. The first-order valence-electron chi connectivity index (χ1n) is 10.2. The van der Waals surface area contributed by atoms with Crippen LogP contribution in [0.4, 0.5) is 0 Å². The summed E-state index contributed by atoms with van der Waals surface area (Å²) in [6.07, 6.45) is 17.9. The van der Waals surface area contributed by atoms with Crippen LogP contribution in [0.2, 0.25) is 0 Å². The normalized spacial score (nSPS) is 12.4. The fourth-order valence-corrected chi connectivity index (χ4v) is 2.92. The van der Waals surface area contributed by atoms with Crippen molar-refractivity contribution in [2.75, 3.05) is 13.2 Å². The maximum absolute atomic E-state index is 5.79. The Morgan fingerprint density at radius 2 is 1.17 bits per heavy atom. The van der Waals surface area contributed by atoms with Crippen LogP contribution in [0, 0.1) is 11.8 Å². The molecule has 2 heteroatoms. The van der Waals surface area contributed by atoms with Gasteiger partial charge in [0.05, 0.1) is 0 Å². The van der Waals surface area contributed by atoms with Crippen molar-refractivity contribution in [1.29, 1.82) is 0 Å². The largest absolute Gasteiger partial charge is 0.412 e. The van der Waals surface area contributed by atoms with Gasteiger partial charge in [-0.3, -0.25) is 0 Å². The first-order chi connectivity index (χ1) is 10.7. The summed E-state index contributed by atoms with van der Waals surface area (Å²) >= 11 is 0. The van der Waals surface area contributed by atoms with Gasteiger partial charge in [0.25, 0.3) is 0 Å². The maximum Gasteiger partial charge on any atom is 0.0468 e. The van der Waals surface area contributed by atoms with E-state index < -0.39 is 0 Å². The van der Waals surface area contributed by atoms with Gasteiger partial charge in [-0.15, -0.1) is 0 Å². The summed E-state index contributed by atoms with van der Waals surface area (Å²) in [6.45, 7) is 11.3. The minimum atomic E-state index is 0. The molecule has 0 aliphatic heterocycles. The molecule has 2 nitrogen and oxygen atoms in total. The molecule has 0 rings (SSSR count). The Morgan fingerprint density at radius 1 is 0.609 bits per heavy atom. The van der Waals surface area contributed by atoms with E-state index in [0.717, 1.165) is 25.0 Å². The van der Waals surface area contributed by atoms with Crippen molar-refractivity contribution in [2.24, 2.45) is 11.8 Å². The fourth-order valence-electron chi connectivity index (χ4n) is 2.92. The lowest BCUT2D eigenvalue weighted by Gasteiger charge is -2.12. The lowest BCUT2D eigenvalue weighted by molar-refractivity contribution is 0.116. The molecule has 23 heavy (non-hydrogen) atoms. The SMILES string of the molecule is CCCCCCCCCCCOCCC(C)CCCC(C)C.O. The van der Waals surface area contributed by atoms with Crippen LogP contribution in [-0.4, -0.2) is 18.7 Å². The standard InChI is InChI=1S/C21H44O.H2O/c1-5-6-7-8-9-10-11-12-13-18-22-19-17-21(4)16-14-15-20(2)3;/h20-21H,5-19H2,1-4H3;1H2. The molecule has 2 N–H and O–H groups in total. The van der Waals surface area contributed by atoms with Gasteiger partial charge in [-0.1, -0.05) is 98.3 Å². The van der Waals surface area contributed by atoms with Gasteiger partial charge in [0.2, 0.25) is 0 Å². The fraction of sp³-hybridized carbons (Fsp3) is 1.00. The number of unbranched alkanes of at least 4 members (excludes halogenated alkanes) is 8. The van der Waals surface area contributed by atoms with E-state index in [-0.39, 0.29) is 5.48 Å². The highest BCUT2D eigenvalue weighted by Crippen LogP contribution is 2.15. The van der Waals surface area contributed by atoms with Crippen molar-refractivity contribution in [3.05, 3.63) is 0 Å². The topological polar surface area (TPSA) is 40.7 Å². The summed E-state index contributed by atoms with van der Waals surface area (Å²) in [5, 5.41) is 0. The quantitative estimate of drug-likeness (QED) is 0.278. The van der Waals surface area contributed by atoms with Gasteiger partial charge in [-0.2, -0.15) is 0 Å². The van der Waals surface area contributed by atoms with Crippen molar-refractivity contribution in [1.82, 2.24) is 0 Å². The van der Waals surface area contributed by atoms with Gasteiger partial charge in [-0.05, 0) is 24.7 Å². The predicted molar refractivity (Wildman–Crippen MR) is 104 cm³/mol. The Morgan fingerprint density at radius 3 is 1.74 bits per heavy atom. The van der Waals surface area contributed by atoms with Crippen LogP contribution in [0.25, 0.3) is 0 Å². The van der Waals surface area contributed by atoms with Crippen LogP contribution >= 0.6 is 0 Å². The Balaban J connectivity index is 0. The lowest BCUT2D eigenvalue weighted by atomic mass is 9.98. The van der Waals surface area contributed by atoms with Crippen molar-refractivity contribution in [2.45, 2.75) is 111 Å². The molecule has 0 aliphatic rings. The van der Waals surface area contributed by atoms with Crippen molar-refractivity contribution >= 4 is 0 Å². The third-order valence-corrected chi connectivity index (χ3v) is 4.63. The van der Waals surface area contributed by atoms with Gasteiger partial charge >= 0.3 is 0 Å². The van der Waals surface area contributed by atoms with Crippen LogP contribution in [0.15, 0.2) is 0 Å². The zero-order valence-corrected chi connectivity index (χ0v) is 16.7. The van der Waals surface area contributed by atoms with Gasteiger partial charge in [0, 0.05) is 13.2 Å². The minimum absolute atomic E-state index is 0. The highest BCUT2D eigenvalue weighted by molar-refractivity contribution is 4.55. The van der Waals surface area contributed by atoms with Gasteiger partial charge in [0.15, 0.2) is 0 Å². The molecular formula is C21H46O2. The first-order valence-corrected chi connectivity index (χ1v) is 10.2. The van der Waals surface area contributed by atoms with E-state index in [9.17, 15) is 0 Å². The van der Waals surface area contributed by atoms with E-state index in [1.807, 2.05) is 0 Å². The summed E-state index contributed by atoms with van der Waals surface area (Å²) in [5.41, 5.74) is 0. The van der Waals surface area contributed by atoms with Crippen molar-refractivity contribution < 1.29 is 10.2 Å². The number of hydrogen-bond acceptors (Lipinski definition) is 1. The van der Waals surface area contributed by atoms with Crippen molar-refractivity contribution in [3.8, 4) is 0 Å². The molecular weight excluding hydrogens is 284 g/mol. The molecule has 0 fully saturated rings. The second-order valence-corrected chi connectivity index (χ2v) is 7.66. The summed E-state index contributed by atoms with van der Waals surface area (Å²) in [7, 11) is 0. The smallest absolute Gasteiger partial charge is 0.0468 e. The third-order valence-electron chi connectivity index (χ3n) is 4.63. The molecule has 0 aromatic heterocycles. The van der Waals surface area contributed by atoms with E-state index in [1.165, 1.54) is 83.5 Å². The minimum Gasteiger partial charge on any atom is -0.412 e. The van der Waals surface area contributed by atoms with Crippen molar-refractivity contribution in [3.63, 3.8) is 0 Å². The van der Waals surface area contributed by atoms with E-state index in [1.54, 1.807) is 0 Å². The Labute approximate surface area is 147 Å². The van der Waals surface area contributed by atoms with E-state index in [2.05, 4.69) is 27.7 Å². The summed E-state index contributed by atoms with van der Waals surface area (Å²) in [5.74, 6) is 1.69. The van der Waals surface area contributed by atoms with Crippen LogP contribution in [-0.2, 0) is 4.74 Å². The zero-order chi connectivity index (χ0) is 16.5. The Kier molecular flexibility index (Phi) is 21.8. The van der Waals surface area contributed by atoms with Gasteiger partial charge in [0.1, 0.15) is 0 Å². The molecule has 0 heterocycles. The lowest BCUT2D eigenvalue weighted by Crippen LogP contribution is -2.04.